The summed E-state index contributed by atoms with van der Waals surface area (Å²) in [4.78, 5) is 21.7. The molecule has 0 spiro atoms. The van der Waals surface area contributed by atoms with E-state index in [-0.39, 0.29) is 17.9 Å². The van der Waals surface area contributed by atoms with Crippen LogP contribution in [0.5, 0.6) is 0 Å². The lowest BCUT2D eigenvalue weighted by Gasteiger charge is -2.28. The first-order valence-corrected chi connectivity index (χ1v) is 6.87. The summed E-state index contributed by atoms with van der Waals surface area (Å²) in [5.41, 5.74) is 12.3. The zero-order valence-electron chi connectivity index (χ0n) is 11.0. The summed E-state index contributed by atoms with van der Waals surface area (Å²) in [6, 6.07) is 3.00. The van der Waals surface area contributed by atoms with Crippen LogP contribution in [0, 0.1) is 0 Å². The van der Waals surface area contributed by atoms with Crippen LogP contribution in [0.15, 0.2) is 18.2 Å². The molecular weight excluding hydrogens is 319 g/mol. The topological polar surface area (TPSA) is 127 Å². The van der Waals surface area contributed by atoms with Gasteiger partial charge < -0.3 is 21.7 Å². The maximum absolute atomic E-state index is 10.8. The van der Waals surface area contributed by atoms with Crippen molar-refractivity contribution in [2.75, 3.05) is 0 Å². The second kappa shape index (κ2) is 7.61. The summed E-state index contributed by atoms with van der Waals surface area (Å²) in [6.07, 6.45) is -0.670. The van der Waals surface area contributed by atoms with Gasteiger partial charge in [-0.15, -0.1) is 0 Å². The molecule has 0 aliphatic heterocycles. The Morgan fingerprint density at radius 3 is 1.86 bits per heavy atom. The minimum absolute atomic E-state index is 0.268. The van der Waals surface area contributed by atoms with Crippen LogP contribution in [0.2, 0.25) is 10.0 Å². The van der Waals surface area contributed by atoms with E-state index in [0.29, 0.717) is 10.6 Å². The van der Waals surface area contributed by atoms with Gasteiger partial charge in [-0.25, -0.2) is 0 Å². The Morgan fingerprint density at radius 2 is 1.48 bits per heavy atom. The Kier molecular flexibility index (Phi) is 6.42. The fourth-order valence-corrected chi connectivity index (χ4v) is 2.50. The first-order valence-electron chi connectivity index (χ1n) is 6.12. The van der Waals surface area contributed by atoms with Crippen LogP contribution >= 0.6 is 23.2 Å². The van der Waals surface area contributed by atoms with Crippen molar-refractivity contribution in [3.8, 4) is 0 Å². The van der Waals surface area contributed by atoms with Crippen molar-refractivity contribution < 1.29 is 19.8 Å². The number of carbonyl (C=O) groups is 2. The van der Waals surface area contributed by atoms with Crippen molar-refractivity contribution in [3.63, 3.8) is 0 Å². The molecular formula is C13H16Cl2N2O4. The zero-order chi connectivity index (χ0) is 16.2. The van der Waals surface area contributed by atoms with Gasteiger partial charge in [0, 0.05) is 18.0 Å². The highest BCUT2D eigenvalue weighted by molar-refractivity contribution is 6.42. The summed E-state index contributed by atoms with van der Waals surface area (Å²) < 4.78 is 0. The van der Waals surface area contributed by atoms with Crippen molar-refractivity contribution in [2.45, 2.75) is 30.8 Å². The molecule has 6 N–H and O–H groups in total. The lowest BCUT2D eigenvalue weighted by molar-refractivity contribution is -0.137. The minimum atomic E-state index is -1.09. The second-order valence-electron chi connectivity index (χ2n) is 4.72. The minimum Gasteiger partial charge on any atom is -0.481 e. The third-order valence-corrected chi connectivity index (χ3v) is 3.81. The summed E-state index contributed by atoms with van der Waals surface area (Å²) >= 11 is 11.8. The van der Waals surface area contributed by atoms with Gasteiger partial charge >= 0.3 is 11.9 Å². The van der Waals surface area contributed by atoms with Gasteiger partial charge in [0.1, 0.15) is 0 Å². The monoisotopic (exact) mass is 334 g/mol. The number of nitrogens with two attached hydrogens (primary N) is 2. The number of benzene rings is 1. The molecule has 0 saturated carbocycles. The average Bonchev–Trinajstić information content (AvgIpc) is 2.32. The van der Waals surface area contributed by atoms with Crippen molar-refractivity contribution in [2.24, 2.45) is 11.5 Å². The first kappa shape index (κ1) is 17.7. The highest BCUT2D eigenvalue weighted by atomic mass is 35.5. The van der Waals surface area contributed by atoms with Crippen molar-refractivity contribution in [3.05, 3.63) is 33.8 Å². The molecule has 2 atom stereocenters. The average molecular weight is 335 g/mol. The highest BCUT2D eigenvalue weighted by Crippen LogP contribution is 2.30. The van der Waals surface area contributed by atoms with E-state index in [1.54, 1.807) is 6.07 Å². The number of carboxylic acid groups (broad SMARTS) is 2. The molecule has 21 heavy (non-hydrogen) atoms. The molecule has 0 aliphatic rings. The number of halogens is 2. The molecule has 0 heterocycles. The summed E-state index contributed by atoms with van der Waals surface area (Å²) in [5.74, 6) is -2.84. The lowest BCUT2D eigenvalue weighted by Crippen LogP contribution is -2.43. The molecule has 8 heteroatoms. The van der Waals surface area contributed by atoms with E-state index in [1.165, 1.54) is 12.1 Å². The molecule has 1 aromatic carbocycles. The normalized spacial score (nSPS) is 15.2. The largest absolute Gasteiger partial charge is 0.481 e. The van der Waals surface area contributed by atoms with Crippen LogP contribution in [0.25, 0.3) is 0 Å². The molecule has 6 nitrogen and oxygen atoms in total. The Morgan fingerprint density at radius 1 is 1.00 bits per heavy atom. The third kappa shape index (κ3) is 5.17. The van der Waals surface area contributed by atoms with Gasteiger partial charge in [-0.05, 0) is 17.7 Å². The molecule has 1 rings (SSSR count). The van der Waals surface area contributed by atoms with E-state index in [2.05, 4.69) is 0 Å². The molecule has 0 fully saturated rings. The van der Waals surface area contributed by atoms with Crippen LogP contribution in [0.1, 0.15) is 24.3 Å². The first-order chi connectivity index (χ1) is 9.72. The molecule has 0 aliphatic carbocycles. The Balaban J connectivity index is 3.13. The molecule has 0 radical (unpaired) electrons. The van der Waals surface area contributed by atoms with Gasteiger partial charge in [-0.2, -0.15) is 0 Å². The van der Waals surface area contributed by atoms with Gasteiger partial charge in [-0.1, -0.05) is 29.3 Å². The predicted octanol–water partition coefficient (Wildman–Crippen LogP) is 1.68. The number of hydrogen-bond donors (Lipinski definition) is 4. The molecule has 116 valence electrons. The highest BCUT2D eigenvalue weighted by Gasteiger charge is 2.29. The van der Waals surface area contributed by atoms with E-state index in [9.17, 15) is 9.59 Å². The van der Waals surface area contributed by atoms with Gasteiger partial charge in [0.25, 0.3) is 0 Å². The van der Waals surface area contributed by atoms with Crippen LogP contribution in [-0.4, -0.2) is 34.2 Å². The predicted molar refractivity (Wildman–Crippen MR) is 79.7 cm³/mol. The zero-order valence-corrected chi connectivity index (χ0v) is 12.5. The summed E-state index contributed by atoms with van der Waals surface area (Å²) in [6.45, 7) is 0. The second-order valence-corrected chi connectivity index (χ2v) is 5.54. The molecule has 2 unspecified atom stereocenters. The van der Waals surface area contributed by atoms with E-state index < -0.39 is 29.9 Å². The molecule has 0 amide bonds. The van der Waals surface area contributed by atoms with Crippen LogP contribution < -0.4 is 11.5 Å². The Hall–Kier alpha value is -1.34. The van der Waals surface area contributed by atoms with Gasteiger partial charge in [0.2, 0.25) is 0 Å². The number of aliphatic carboxylic acids is 2. The quantitative estimate of drug-likeness (QED) is 0.600. The third-order valence-electron chi connectivity index (χ3n) is 3.07. The van der Waals surface area contributed by atoms with E-state index in [4.69, 9.17) is 44.9 Å². The van der Waals surface area contributed by atoms with E-state index in [0.717, 1.165) is 0 Å². The Labute approximate surface area is 131 Å². The summed E-state index contributed by atoms with van der Waals surface area (Å²) in [5, 5.41) is 18.3. The smallest absolute Gasteiger partial charge is 0.304 e. The standard InChI is InChI=1S/C13H16Cl2N2O4/c14-7-2-1-6(3-8(7)15)13(9(16)4-11(18)19)10(17)5-12(20)21/h1-3,9-10,13H,4-5,16-17H2,(H,18,19)(H,20,21). The van der Waals surface area contributed by atoms with Crippen molar-refractivity contribution in [1.29, 1.82) is 0 Å². The fraction of sp³-hybridized carbons (Fsp3) is 0.385. The van der Waals surface area contributed by atoms with Crippen LogP contribution in [0.3, 0.4) is 0 Å². The van der Waals surface area contributed by atoms with Gasteiger partial charge in [0.05, 0.1) is 22.9 Å². The Bertz CT molecular complexity index is 517. The van der Waals surface area contributed by atoms with Gasteiger partial charge in [0.15, 0.2) is 0 Å². The molecule has 0 aromatic heterocycles. The summed E-state index contributed by atoms with van der Waals surface area (Å²) in [7, 11) is 0. The lowest BCUT2D eigenvalue weighted by atomic mass is 9.83. The van der Waals surface area contributed by atoms with Gasteiger partial charge in [-0.3, -0.25) is 9.59 Å². The molecule has 1 aromatic rings. The number of rotatable bonds is 7. The number of carboxylic acids is 2. The van der Waals surface area contributed by atoms with Crippen molar-refractivity contribution in [1.82, 2.24) is 0 Å². The van der Waals surface area contributed by atoms with Crippen LogP contribution in [-0.2, 0) is 9.59 Å². The van der Waals surface area contributed by atoms with Crippen molar-refractivity contribution >= 4 is 35.1 Å². The maximum Gasteiger partial charge on any atom is 0.304 e. The SMILES string of the molecule is NC(CC(=O)O)C(c1ccc(Cl)c(Cl)c1)C(N)CC(=O)O. The fourth-order valence-electron chi connectivity index (χ4n) is 2.19. The molecule has 0 saturated heterocycles. The van der Waals surface area contributed by atoms with Crippen LogP contribution in [0.4, 0.5) is 0 Å². The number of hydrogen-bond acceptors (Lipinski definition) is 4. The maximum atomic E-state index is 10.8. The van der Waals surface area contributed by atoms with E-state index >= 15 is 0 Å². The molecule has 0 bridgehead atoms. The van der Waals surface area contributed by atoms with E-state index in [1.807, 2.05) is 0 Å².